The average Bonchev–Trinajstić information content (AvgIpc) is 3.38. The van der Waals surface area contributed by atoms with Crippen LogP contribution in [0.4, 0.5) is 5.69 Å². The standard InChI is InChI=1S/C27H39N5O6S/c1-18-13-32(19(2)16-33)27(35)21-11-8-12-22(29-26(34)20-9-6-5-7-10-20)25(21)38-23(18)14-31(4)39(36,37)24-15-30(3)17-28-24/h8,11-12,15,17-20,23,33H,5-7,9-10,13-14,16H2,1-4H3,(H,29,34)/t18-,19+,23-/m1/s1. The van der Waals surface area contributed by atoms with E-state index in [-0.39, 0.29) is 59.7 Å². The highest BCUT2D eigenvalue weighted by molar-refractivity contribution is 7.89. The molecule has 1 aromatic carbocycles. The number of aliphatic hydroxyl groups is 1. The fraction of sp³-hybridized carbons (Fsp3) is 0.593. The zero-order valence-electron chi connectivity index (χ0n) is 23.0. The van der Waals surface area contributed by atoms with Crippen molar-refractivity contribution in [3.05, 3.63) is 36.3 Å². The molecular weight excluding hydrogens is 522 g/mol. The van der Waals surface area contributed by atoms with Crippen LogP contribution in [0.2, 0.25) is 0 Å². The highest BCUT2D eigenvalue weighted by Gasteiger charge is 2.37. The lowest BCUT2D eigenvalue weighted by Crippen LogP contribution is -2.50. The second kappa shape index (κ2) is 12.1. The normalized spacial score (nSPS) is 21.6. The van der Waals surface area contributed by atoms with Crippen molar-refractivity contribution in [3.63, 3.8) is 0 Å². The average molecular weight is 562 g/mol. The van der Waals surface area contributed by atoms with Gasteiger partial charge in [0.15, 0.2) is 10.8 Å². The molecule has 2 aliphatic rings. The number of benzene rings is 1. The van der Waals surface area contributed by atoms with Crippen LogP contribution in [0.15, 0.2) is 35.7 Å². The summed E-state index contributed by atoms with van der Waals surface area (Å²) in [6.45, 7) is 3.64. The fourth-order valence-electron chi connectivity index (χ4n) is 5.19. The van der Waals surface area contributed by atoms with Gasteiger partial charge in [0.1, 0.15) is 6.10 Å². The Morgan fingerprint density at radius 2 is 2.00 bits per heavy atom. The van der Waals surface area contributed by atoms with Crippen molar-refractivity contribution in [2.45, 2.75) is 63.1 Å². The molecule has 2 amide bonds. The quantitative estimate of drug-likeness (QED) is 0.506. The van der Waals surface area contributed by atoms with E-state index in [1.807, 2.05) is 6.92 Å². The van der Waals surface area contributed by atoms with Gasteiger partial charge in [0.05, 0.1) is 36.8 Å². The number of hydrogen-bond donors (Lipinski definition) is 2. The number of aliphatic hydroxyl groups excluding tert-OH is 1. The lowest BCUT2D eigenvalue weighted by molar-refractivity contribution is -0.120. The van der Waals surface area contributed by atoms with Crippen molar-refractivity contribution in [1.82, 2.24) is 18.8 Å². The van der Waals surface area contributed by atoms with Crippen molar-refractivity contribution in [2.75, 3.05) is 32.1 Å². The number of aromatic nitrogens is 2. The first kappa shape index (κ1) is 29.0. The number of rotatable bonds is 8. The molecule has 0 bridgehead atoms. The van der Waals surface area contributed by atoms with Crippen LogP contribution in [0.25, 0.3) is 0 Å². The Labute approximate surface area is 230 Å². The molecule has 4 rings (SSSR count). The number of nitrogens with zero attached hydrogens (tertiary/aromatic N) is 4. The lowest BCUT2D eigenvalue weighted by atomic mass is 9.88. The maximum absolute atomic E-state index is 13.7. The van der Waals surface area contributed by atoms with Crippen LogP contribution in [-0.4, -0.2) is 83.0 Å². The minimum atomic E-state index is -3.90. The van der Waals surface area contributed by atoms with E-state index < -0.39 is 22.2 Å². The second-order valence-electron chi connectivity index (χ2n) is 10.8. The number of fused-ring (bicyclic) bond motifs is 1. The molecule has 1 aromatic heterocycles. The van der Waals surface area contributed by atoms with Gasteiger partial charge in [0.25, 0.3) is 15.9 Å². The number of ether oxygens (including phenoxy) is 1. The highest BCUT2D eigenvalue weighted by atomic mass is 32.2. The molecule has 1 fully saturated rings. The van der Waals surface area contributed by atoms with E-state index in [4.69, 9.17) is 4.74 Å². The number of sulfonamides is 1. The molecular formula is C27H39N5O6S. The zero-order valence-corrected chi connectivity index (χ0v) is 23.9. The van der Waals surface area contributed by atoms with Crippen LogP contribution >= 0.6 is 0 Å². The summed E-state index contributed by atoms with van der Waals surface area (Å²) in [4.78, 5) is 32.4. The van der Waals surface area contributed by atoms with Gasteiger partial charge < -0.3 is 24.6 Å². The van der Waals surface area contributed by atoms with Gasteiger partial charge >= 0.3 is 0 Å². The molecule has 1 saturated carbocycles. The summed E-state index contributed by atoms with van der Waals surface area (Å²) >= 11 is 0. The van der Waals surface area contributed by atoms with Crippen molar-refractivity contribution < 1.29 is 27.9 Å². The van der Waals surface area contributed by atoms with Gasteiger partial charge in [-0.05, 0) is 31.9 Å². The maximum atomic E-state index is 13.7. The molecule has 1 aliphatic carbocycles. The first-order valence-corrected chi connectivity index (χ1v) is 14.9. The largest absolute Gasteiger partial charge is 0.486 e. The topological polar surface area (TPSA) is 134 Å². The van der Waals surface area contributed by atoms with Crippen molar-refractivity contribution in [1.29, 1.82) is 0 Å². The molecule has 11 nitrogen and oxygen atoms in total. The first-order valence-electron chi connectivity index (χ1n) is 13.5. The molecule has 0 spiro atoms. The van der Waals surface area contributed by atoms with Crippen LogP contribution < -0.4 is 10.1 Å². The second-order valence-corrected chi connectivity index (χ2v) is 12.8. The summed E-state index contributed by atoms with van der Waals surface area (Å²) in [5, 5.41) is 12.8. The lowest BCUT2D eigenvalue weighted by Gasteiger charge is -2.38. The highest BCUT2D eigenvalue weighted by Crippen LogP contribution is 2.36. The predicted molar refractivity (Wildman–Crippen MR) is 146 cm³/mol. The molecule has 12 heteroatoms. The number of amides is 2. The summed E-state index contributed by atoms with van der Waals surface area (Å²) in [5.41, 5.74) is 0.631. The van der Waals surface area contributed by atoms with E-state index >= 15 is 0 Å². The Morgan fingerprint density at radius 1 is 1.28 bits per heavy atom. The Morgan fingerprint density at radius 3 is 2.64 bits per heavy atom. The molecule has 39 heavy (non-hydrogen) atoms. The van der Waals surface area contributed by atoms with Gasteiger partial charge in [-0.3, -0.25) is 9.59 Å². The van der Waals surface area contributed by atoms with E-state index in [1.54, 1.807) is 41.6 Å². The summed E-state index contributed by atoms with van der Waals surface area (Å²) in [5.74, 6) is -0.628. The van der Waals surface area contributed by atoms with E-state index in [2.05, 4.69) is 10.3 Å². The number of imidazole rings is 1. The molecule has 2 heterocycles. The fourth-order valence-corrected chi connectivity index (χ4v) is 6.33. The Hall–Kier alpha value is -2.96. The molecule has 0 unspecified atom stereocenters. The Balaban J connectivity index is 1.69. The van der Waals surface area contributed by atoms with E-state index in [0.29, 0.717) is 5.69 Å². The first-order chi connectivity index (χ1) is 18.5. The summed E-state index contributed by atoms with van der Waals surface area (Å²) in [6, 6.07) is 4.55. The Kier molecular flexibility index (Phi) is 8.97. The van der Waals surface area contributed by atoms with Gasteiger partial charge in [-0.15, -0.1) is 0 Å². The number of anilines is 1. The van der Waals surface area contributed by atoms with Crippen LogP contribution in [0.1, 0.15) is 56.3 Å². The molecule has 214 valence electrons. The number of likely N-dealkylation sites (N-methyl/N-ethyl adjacent to an activating group) is 1. The van der Waals surface area contributed by atoms with Gasteiger partial charge in [0.2, 0.25) is 5.91 Å². The van der Waals surface area contributed by atoms with Gasteiger partial charge in [-0.2, -0.15) is 4.31 Å². The van der Waals surface area contributed by atoms with Crippen molar-refractivity contribution >= 4 is 27.5 Å². The monoisotopic (exact) mass is 561 g/mol. The number of nitrogens with one attached hydrogen (secondary N) is 1. The third-order valence-electron chi connectivity index (χ3n) is 7.72. The summed E-state index contributed by atoms with van der Waals surface area (Å²) < 4.78 is 35.7. The van der Waals surface area contributed by atoms with Crippen LogP contribution in [0.3, 0.4) is 0 Å². The third kappa shape index (κ3) is 6.28. The van der Waals surface area contributed by atoms with Crippen LogP contribution in [0, 0.1) is 11.8 Å². The predicted octanol–water partition coefficient (Wildman–Crippen LogP) is 2.48. The zero-order chi connectivity index (χ0) is 28.3. The van der Waals surface area contributed by atoms with Crippen molar-refractivity contribution in [3.8, 4) is 5.75 Å². The SMILES string of the molecule is C[C@@H]1CN([C@@H](C)CO)C(=O)c2cccc(NC(=O)C3CCCCC3)c2O[C@@H]1CN(C)S(=O)(=O)c1cn(C)cn1. The van der Waals surface area contributed by atoms with Crippen LogP contribution in [-0.2, 0) is 21.9 Å². The number of aryl methyl sites for hydroxylation is 1. The third-order valence-corrected chi connectivity index (χ3v) is 9.43. The molecule has 3 atom stereocenters. The molecule has 0 radical (unpaired) electrons. The minimum Gasteiger partial charge on any atom is -0.486 e. The Bertz CT molecular complexity index is 1290. The number of hydrogen-bond acceptors (Lipinski definition) is 7. The van der Waals surface area contributed by atoms with E-state index in [0.717, 1.165) is 32.1 Å². The number of carbonyl (C=O) groups excluding carboxylic acids is 2. The molecule has 2 N–H and O–H groups in total. The number of para-hydroxylation sites is 1. The van der Waals surface area contributed by atoms with E-state index in [9.17, 15) is 23.1 Å². The van der Waals surface area contributed by atoms with Gasteiger partial charge in [-0.1, -0.05) is 32.3 Å². The summed E-state index contributed by atoms with van der Waals surface area (Å²) in [6.07, 6.45) is 6.96. The number of carbonyl (C=O) groups is 2. The molecule has 1 aliphatic heterocycles. The summed E-state index contributed by atoms with van der Waals surface area (Å²) in [7, 11) is -0.735. The van der Waals surface area contributed by atoms with Gasteiger partial charge in [0, 0.05) is 38.7 Å². The smallest absolute Gasteiger partial charge is 0.261 e. The van der Waals surface area contributed by atoms with Crippen LogP contribution in [0.5, 0.6) is 5.75 Å². The maximum Gasteiger partial charge on any atom is 0.261 e. The van der Waals surface area contributed by atoms with Gasteiger partial charge in [-0.25, -0.2) is 13.4 Å². The van der Waals surface area contributed by atoms with Crippen molar-refractivity contribution in [2.24, 2.45) is 18.9 Å². The van der Waals surface area contributed by atoms with E-state index in [1.165, 1.54) is 23.9 Å². The minimum absolute atomic E-state index is 0.0139. The molecule has 0 saturated heterocycles. The molecule has 2 aromatic rings.